The van der Waals surface area contributed by atoms with Crippen molar-refractivity contribution in [3.05, 3.63) is 46.1 Å². The molecule has 1 aliphatic heterocycles. The summed E-state index contributed by atoms with van der Waals surface area (Å²) in [5.74, 6) is 2.47. The molecule has 1 N–H and O–H groups in total. The van der Waals surface area contributed by atoms with Crippen LogP contribution in [0.5, 0.6) is 0 Å². The standard InChI is InChI=1S/C16H18ClN3OS/c1-16(2,3)20-14(12-8-22-9-13(12)19-20)18-15(21)10-4-6-11(17)7-5-10/h4-7H,8-9H2,1-3H3,(H,18,21). The molecule has 0 saturated carbocycles. The fourth-order valence-electron chi connectivity index (χ4n) is 2.41. The lowest BCUT2D eigenvalue weighted by Crippen LogP contribution is -2.27. The lowest BCUT2D eigenvalue weighted by Gasteiger charge is -2.23. The number of nitrogens with one attached hydrogen (secondary N) is 1. The molecule has 0 radical (unpaired) electrons. The number of rotatable bonds is 2. The Kier molecular flexibility index (Phi) is 3.95. The minimum Gasteiger partial charge on any atom is -0.306 e. The van der Waals surface area contributed by atoms with Gasteiger partial charge in [-0.15, -0.1) is 0 Å². The summed E-state index contributed by atoms with van der Waals surface area (Å²) in [4.78, 5) is 12.5. The Bertz CT molecular complexity index is 716. The maximum Gasteiger partial charge on any atom is 0.256 e. The first-order valence-electron chi connectivity index (χ1n) is 7.12. The van der Waals surface area contributed by atoms with Crippen LogP contribution in [0.1, 0.15) is 42.4 Å². The molecule has 0 spiro atoms. The second-order valence-electron chi connectivity index (χ2n) is 6.31. The van der Waals surface area contributed by atoms with Crippen LogP contribution in [0.4, 0.5) is 5.82 Å². The van der Waals surface area contributed by atoms with Crippen molar-refractivity contribution in [2.24, 2.45) is 0 Å². The van der Waals surface area contributed by atoms with Gasteiger partial charge in [-0.3, -0.25) is 4.79 Å². The van der Waals surface area contributed by atoms with Crippen molar-refractivity contribution in [1.82, 2.24) is 9.78 Å². The van der Waals surface area contributed by atoms with Crippen LogP contribution in [0.3, 0.4) is 0 Å². The minimum absolute atomic E-state index is 0.137. The van der Waals surface area contributed by atoms with Gasteiger partial charge in [-0.05, 0) is 45.0 Å². The summed E-state index contributed by atoms with van der Waals surface area (Å²) in [6.07, 6.45) is 0. The second-order valence-corrected chi connectivity index (χ2v) is 7.73. The smallest absolute Gasteiger partial charge is 0.256 e. The zero-order valence-corrected chi connectivity index (χ0v) is 14.4. The predicted molar refractivity (Wildman–Crippen MR) is 91.6 cm³/mol. The lowest BCUT2D eigenvalue weighted by molar-refractivity contribution is 0.102. The van der Waals surface area contributed by atoms with E-state index in [-0.39, 0.29) is 11.4 Å². The molecule has 0 bridgehead atoms. The van der Waals surface area contributed by atoms with Gasteiger partial charge in [0.05, 0.1) is 11.2 Å². The van der Waals surface area contributed by atoms with Crippen LogP contribution in [-0.4, -0.2) is 15.7 Å². The fraction of sp³-hybridized carbons (Fsp3) is 0.375. The maximum absolute atomic E-state index is 12.5. The van der Waals surface area contributed by atoms with E-state index in [1.54, 1.807) is 24.3 Å². The van der Waals surface area contributed by atoms with E-state index >= 15 is 0 Å². The van der Waals surface area contributed by atoms with E-state index in [1.165, 1.54) is 0 Å². The molecule has 0 unspecified atom stereocenters. The number of halogens is 1. The van der Waals surface area contributed by atoms with Crippen LogP contribution in [0.15, 0.2) is 24.3 Å². The molecule has 22 heavy (non-hydrogen) atoms. The third-order valence-electron chi connectivity index (χ3n) is 3.53. The van der Waals surface area contributed by atoms with E-state index in [0.717, 1.165) is 28.6 Å². The van der Waals surface area contributed by atoms with Crippen LogP contribution < -0.4 is 5.32 Å². The van der Waals surface area contributed by atoms with Gasteiger partial charge >= 0.3 is 0 Å². The monoisotopic (exact) mass is 335 g/mol. The Labute approximate surface area is 139 Å². The highest BCUT2D eigenvalue weighted by atomic mass is 35.5. The number of carbonyl (C=O) groups excluding carboxylic acids is 1. The molecule has 6 heteroatoms. The third kappa shape index (κ3) is 2.88. The summed E-state index contributed by atoms with van der Waals surface area (Å²) in [6, 6.07) is 6.89. The van der Waals surface area contributed by atoms with Crippen LogP contribution in [0, 0.1) is 0 Å². The first kappa shape index (κ1) is 15.4. The molecule has 0 saturated heterocycles. The topological polar surface area (TPSA) is 46.9 Å². The molecule has 1 aliphatic rings. The van der Waals surface area contributed by atoms with E-state index in [2.05, 4.69) is 31.2 Å². The number of hydrogen-bond donors (Lipinski definition) is 1. The number of aromatic nitrogens is 2. The SMILES string of the molecule is CC(C)(C)n1nc2c(c1NC(=O)c1ccc(Cl)cc1)CSC2. The molecule has 116 valence electrons. The summed E-state index contributed by atoms with van der Waals surface area (Å²) in [7, 11) is 0. The second kappa shape index (κ2) is 5.63. The molecule has 1 aromatic heterocycles. The van der Waals surface area contributed by atoms with Gasteiger partial charge in [0.25, 0.3) is 5.91 Å². The molecule has 0 atom stereocenters. The average Bonchev–Trinajstić information content (AvgIpc) is 3.01. The van der Waals surface area contributed by atoms with Gasteiger partial charge in [-0.25, -0.2) is 4.68 Å². The molecular weight excluding hydrogens is 318 g/mol. The van der Waals surface area contributed by atoms with Gasteiger partial charge in [-0.1, -0.05) is 11.6 Å². The van der Waals surface area contributed by atoms with Crippen molar-refractivity contribution in [2.75, 3.05) is 5.32 Å². The lowest BCUT2D eigenvalue weighted by atomic mass is 10.1. The number of benzene rings is 1. The number of thioether (sulfide) groups is 1. The number of amides is 1. The van der Waals surface area contributed by atoms with Crippen LogP contribution in [-0.2, 0) is 17.0 Å². The van der Waals surface area contributed by atoms with Gasteiger partial charge in [0.15, 0.2) is 0 Å². The molecule has 4 nitrogen and oxygen atoms in total. The number of carbonyl (C=O) groups is 1. The van der Waals surface area contributed by atoms with Gasteiger partial charge in [0.1, 0.15) is 5.82 Å². The van der Waals surface area contributed by atoms with E-state index in [0.29, 0.717) is 10.6 Å². The molecule has 0 aliphatic carbocycles. The van der Waals surface area contributed by atoms with Crippen molar-refractivity contribution in [2.45, 2.75) is 37.8 Å². The third-order valence-corrected chi connectivity index (χ3v) is 4.75. The zero-order valence-electron chi connectivity index (χ0n) is 12.8. The predicted octanol–water partition coefficient (Wildman–Crippen LogP) is 4.29. The van der Waals surface area contributed by atoms with Gasteiger partial charge in [0, 0.05) is 27.7 Å². The molecule has 0 fully saturated rings. The largest absolute Gasteiger partial charge is 0.306 e. The van der Waals surface area contributed by atoms with E-state index in [1.807, 2.05) is 16.4 Å². The summed E-state index contributed by atoms with van der Waals surface area (Å²) in [6.45, 7) is 6.25. The van der Waals surface area contributed by atoms with Gasteiger partial charge in [0.2, 0.25) is 0 Å². The number of nitrogens with zero attached hydrogens (tertiary/aromatic N) is 2. The van der Waals surface area contributed by atoms with E-state index in [4.69, 9.17) is 11.6 Å². The molecular formula is C16H18ClN3OS. The van der Waals surface area contributed by atoms with Crippen molar-refractivity contribution < 1.29 is 4.79 Å². The van der Waals surface area contributed by atoms with Crippen molar-refractivity contribution in [1.29, 1.82) is 0 Å². The fourth-order valence-corrected chi connectivity index (χ4v) is 3.57. The maximum atomic E-state index is 12.5. The molecule has 2 aromatic rings. The number of fused-ring (bicyclic) bond motifs is 1. The number of anilines is 1. The summed E-state index contributed by atoms with van der Waals surface area (Å²) in [5.41, 5.74) is 2.62. The van der Waals surface area contributed by atoms with Crippen molar-refractivity contribution >= 4 is 35.1 Å². The van der Waals surface area contributed by atoms with Crippen LogP contribution in [0.25, 0.3) is 0 Å². The van der Waals surface area contributed by atoms with Gasteiger partial charge in [-0.2, -0.15) is 16.9 Å². The highest BCUT2D eigenvalue weighted by Gasteiger charge is 2.28. The Morgan fingerprint density at radius 2 is 1.95 bits per heavy atom. The summed E-state index contributed by atoms with van der Waals surface area (Å²) in [5, 5.41) is 8.34. The van der Waals surface area contributed by atoms with E-state index in [9.17, 15) is 4.79 Å². The zero-order chi connectivity index (χ0) is 15.9. The Balaban J connectivity index is 1.94. The summed E-state index contributed by atoms with van der Waals surface area (Å²) < 4.78 is 1.92. The molecule has 1 amide bonds. The first-order chi connectivity index (χ1) is 10.4. The molecule has 2 heterocycles. The Morgan fingerprint density at radius 1 is 1.27 bits per heavy atom. The molecule has 1 aromatic carbocycles. The Morgan fingerprint density at radius 3 is 2.59 bits per heavy atom. The van der Waals surface area contributed by atoms with Crippen LogP contribution in [0.2, 0.25) is 5.02 Å². The normalized spacial score (nSPS) is 14.0. The minimum atomic E-state index is -0.183. The van der Waals surface area contributed by atoms with Crippen molar-refractivity contribution in [3.8, 4) is 0 Å². The molecule has 3 rings (SSSR count). The highest BCUT2D eigenvalue weighted by molar-refractivity contribution is 7.98. The van der Waals surface area contributed by atoms with Crippen LogP contribution >= 0.6 is 23.4 Å². The van der Waals surface area contributed by atoms with E-state index < -0.39 is 0 Å². The average molecular weight is 336 g/mol. The summed E-state index contributed by atoms with van der Waals surface area (Å²) >= 11 is 7.70. The van der Waals surface area contributed by atoms with Gasteiger partial charge < -0.3 is 5.32 Å². The Hall–Kier alpha value is -1.46. The quantitative estimate of drug-likeness (QED) is 0.890. The first-order valence-corrected chi connectivity index (χ1v) is 8.65. The highest BCUT2D eigenvalue weighted by Crippen LogP contribution is 2.37. The van der Waals surface area contributed by atoms with Crippen molar-refractivity contribution in [3.63, 3.8) is 0 Å². The number of hydrogen-bond acceptors (Lipinski definition) is 3.